The van der Waals surface area contributed by atoms with Crippen molar-refractivity contribution in [2.75, 3.05) is 47.7 Å². The van der Waals surface area contributed by atoms with Crippen molar-refractivity contribution in [3.8, 4) is 0 Å². The Labute approximate surface area is 526 Å². The number of aliphatic hydroxyl groups excluding tert-OH is 7. The van der Waals surface area contributed by atoms with E-state index in [-0.39, 0.29) is 49.6 Å². The lowest BCUT2D eigenvalue weighted by atomic mass is 9.78. The number of hydrogen-bond acceptors (Lipinski definition) is 25. The maximum absolute atomic E-state index is 14.8. The number of nitrogens with zero attached hydrogens (tertiary/aromatic N) is 1. The number of piperidine rings is 1. The van der Waals surface area contributed by atoms with Gasteiger partial charge in [-0.05, 0) is 107 Å². The fourth-order valence-corrected chi connectivity index (χ4v) is 13.1. The largest absolute Gasteiger partial charge is 0.509 e. The van der Waals surface area contributed by atoms with Gasteiger partial charge in [-0.25, -0.2) is 9.59 Å². The molecule has 9 N–H and O–H groups in total. The first-order valence-corrected chi connectivity index (χ1v) is 31.5. The third-order valence-corrected chi connectivity index (χ3v) is 18.9. The van der Waals surface area contributed by atoms with Gasteiger partial charge in [-0.3, -0.25) is 19.2 Å². The second-order valence-corrected chi connectivity index (χ2v) is 25.7. The second kappa shape index (κ2) is 33.6. The van der Waals surface area contributed by atoms with E-state index >= 15 is 0 Å². The zero-order valence-electron chi connectivity index (χ0n) is 53.5. The van der Waals surface area contributed by atoms with Crippen LogP contribution in [0.4, 0.5) is 4.79 Å². The molecular weight excluding hydrogens is 1180 g/mol. The standard InChI is InChI=1S/C64H99NO25/c1-33-16-12-11-13-17-34(2)46(81-8)28-41-21-19-39(7)64(80,90-41)57(75)59(76)65-23-15-14-18-42(65)60(77)86-47(36(4)26-40-20-22-43(67)48(27-40)82-9)29-44(68)35(3)25-38(6)55(56(83-10)50(70)37(5)24-33)88-62(78)84-32-63(79)58(51(71)45(69)31-85-63)89-61-54(74)53(73)52(72)49(30-66)87-61/h11-13,16-17,25,33,35-37,39-43,45-49,51-56,58,61,66-67,69,71-74,79-80H,14-15,18-24,26-32H2,1-10H3/b13-11+,16-12-,34-17+,38-25+/t33-,35-,36-,37-,39-,40?,41+,42?,43-,45-,46+,47+,48-,49-,51-,52-,53+,54-,55-,56+,58+,61-,63+,64-/m1/s1. The van der Waals surface area contributed by atoms with Crippen molar-refractivity contribution in [2.24, 2.45) is 35.5 Å². The van der Waals surface area contributed by atoms with Crippen molar-refractivity contribution in [2.45, 2.75) is 235 Å². The van der Waals surface area contributed by atoms with Crippen LogP contribution in [-0.2, 0) is 71.3 Å². The molecule has 510 valence electrons. The number of carbonyl (C=O) groups is 6. The number of cyclic esters (lactones) is 1. The van der Waals surface area contributed by atoms with Gasteiger partial charge in [-0.2, -0.15) is 0 Å². The maximum Gasteiger partial charge on any atom is 0.509 e. The van der Waals surface area contributed by atoms with Crippen LogP contribution in [0.25, 0.3) is 0 Å². The summed E-state index contributed by atoms with van der Waals surface area (Å²) in [7, 11) is 4.25. The monoisotopic (exact) mass is 1280 g/mol. The van der Waals surface area contributed by atoms with Gasteiger partial charge in [0.1, 0.15) is 60.7 Å². The molecule has 5 fully saturated rings. The number of hydrogen-bond donors (Lipinski definition) is 9. The molecule has 0 radical (unpaired) electrons. The van der Waals surface area contributed by atoms with E-state index in [4.69, 9.17) is 47.4 Å². The summed E-state index contributed by atoms with van der Waals surface area (Å²) in [4.78, 5) is 88.2. The van der Waals surface area contributed by atoms with Crippen molar-refractivity contribution < 1.29 is 122 Å². The first-order chi connectivity index (χ1) is 42.5. The minimum absolute atomic E-state index is 0.0123. The van der Waals surface area contributed by atoms with E-state index in [0.29, 0.717) is 51.4 Å². The highest BCUT2D eigenvalue weighted by Gasteiger charge is 2.56. The van der Waals surface area contributed by atoms with Gasteiger partial charge < -0.3 is 98.2 Å². The van der Waals surface area contributed by atoms with Crippen LogP contribution in [0.2, 0.25) is 0 Å². The topological polar surface area (TPSA) is 380 Å². The van der Waals surface area contributed by atoms with Gasteiger partial charge in [0.25, 0.3) is 11.7 Å². The van der Waals surface area contributed by atoms with Crippen LogP contribution in [0.1, 0.15) is 126 Å². The first kappa shape index (κ1) is 74.6. The molecular formula is C64H99NO25. The Balaban J connectivity index is 1.34. The molecule has 5 heterocycles. The summed E-state index contributed by atoms with van der Waals surface area (Å²) in [6.45, 7) is 9.05. The highest BCUT2D eigenvalue weighted by molar-refractivity contribution is 6.39. The molecule has 0 spiro atoms. The van der Waals surface area contributed by atoms with E-state index < -0.39 is 188 Å². The average Bonchev–Trinajstić information content (AvgIpc) is 0.812. The number of carbonyl (C=O) groups excluding carboxylic acids is 6. The van der Waals surface area contributed by atoms with Crippen LogP contribution in [0.15, 0.2) is 47.6 Å². The summed E-state index contributed by atoms with van der Waals surface area (Å²) in [6.07, 6.45) is -8.87. The minimum atomic E-state index is -2.85. The summed E-state index contributed by atoms with van der Waals surface area (Å²) >= 11 is 0. The van der Waals surface area contributed by atoms with Crippen molar-refractivity contribution in [3.05, 3.63) is 47.6 Å². The number of esters is 1. The summed E-state index contributed by atoms with van der Waals surface area (Å²) in [5.41, 5.74) is 0.897. The lowest BCUT2D eigenvalue weighted by Gasteiger charge is -2.47. The highest BCUT2D eigenvalue weighted by atomic mass is 16.8. The molecule has 26 heteroatoms. The van der Waals surface area contributed by atoms with Gasteiger partial charge in [0, 0.05) is 58.5 Å². The summed E-state index contributed by atoms with van der Waals surface area (Å²) in [5, 5.41) is 97.4. The van der Waals surface area contributed by atoms with E-state index in [1.165, 1.54) is 34.3 Å². The molecule has 6 rings (SSSR count). The lowest BCUT2D eigenvalue weighted by Crippen LogP contribution is -2.67. The van der Waals surface area contributed by atoms with Gasteiger partial charge in [-0.15, -0.1) is 0 Å². The lowest BCUT2D eigenvalue weighted by molar-refractivity contribution is -0.387. The predicted octanol–water partition coefficient (Wildman–Crippen LogP) is 1.97. The average molecular weight is 1280 g/mol. The van der Waals surface area contributed by atoms with Crippen LogP contribution in [0, 0.1) is 35.5 Å². The molecule has 90 heavy (non-hydrogen) atoms. The van der Waals surface area contributed by atoms with E-state index in [2.05, 4.69) is 0 Å². The summed E-state index contributed by atoms with van der Waals surface area (Å²) in [6, 6.07) is -1.28. The van der Waals surface area contributed by atoms with Crippen LogP contribution in [0.3, 0.4) is 0 Å². The number of allylic oxidation sites excluding steroid dienone is 6. The van der Waals surface area contributed by atoms with Crippen LogP contribution in [0.5, 0.6) is 0 Å². The van der Waals surface area contributed by atoms with E-state index in [9.17, 15) is 74.7 Å². The Kier molecular flexibility index (Phi) is 27.8. The van der Waals surface area contributed by atoms with Gasteiger partial charge in [0.2, 0.25) is 11.6 Å². The fraction of sp³-hybridized carbons (Fsp3) is 0.781. The smallest absolute Gasteiger partial charge is 0.460 e. The Morgan fingerprint density at radius 2 is 1.51 bits per heavy atom. The quantitative estimate of drug-likeness (QED) is 0.0766. The molecule has 2 unspecified atom stereocenters. The number of ketones is 3. The Hall–Kier alpha value is -4.46. The maximum atomic E-state index is 14.8. The van der Waals surface area contributed by atoms with Crippen LogP contribution < -0.4 is 0 Å². The highest BCUT2D eigenvalue weighted by Crippen LogP contribution is 2.39. The molecule has 6 aliphatic rings. The predicted molar refractivity (Wildman–Crippen MR) is 317 cm³/mol. The van der Waals surface area contributed by atoms with Crippen molar-refractivity contribution in [1.82, 2.24) is 4.90 Å². The molecule has 5 aliphatic heterocycles. The molecule has 0 aromatic rings. The first-order valence-electron chi connectivity index (χ1n) is 31.5. The Morgan fingerprint density at radius 1 is 0.789 bits per heavy atom. The van der Waals surface area contributed by atoms with Crippen LogP contribution >= 0.6 is 0 Å². The number of ether oxygens (including phenoxy) is 10. The Morgan fingerprint density at radius 3 is 2.19 bits per heavy atom. The molecule has 2 bridgehead atoms. The normalized spacial score (nSPS) is 42.7. The van der Waals surface area contributed by atoms with Gasteiger partial charge in [0.05, 0.1) is 37.6 Å². The number of methoxy groups -OCH3 is 3. The van der Waals surface area contributed by atoms with E-state index in [1.807, 2.05) is 32.9 Å². The minimum Gasteiger partial charge on any atom is -0.460 e. The van der Waals surface area contributed by atoms with Gasteiger partial charge in [-0.1, -0.05) is 71.1 Å². The van der Waals surface area contributed by atoms with Crippen LogP contribution in [-0.4, -0.2) is 243 Å². The zero-order valence-corrected chi connectivity index (χ0v) is 53.5. The van der Waals surface area contributed by atoms with E-state index in [1.54, 1.807) is 39.0 Å². The second-order valence-electron chi connectivity index (χ2n) is 25.7. The number of rotatable bonds is 12. The van der Waals surface area contributed by atoms with Crippen molar-refractivity contribution in [3.63, 3.8) is 0 Å². The molecule has 1 aliphatic carbocycles. The fourth-order valence-electron chi connectivity index (χ4n) is 13.1. The SMILES string of the molecule is CO[C@H]1C[C@@H]2CC[C@@H](C)[C@@](O)(O2)C(=O)C(=O)N2CCCCC2C(=O)O[C@H]([C@H](C)CC2CC[C@@H](O)[C@H](OC)C2)CC(=O)[C@H](C)/C=C(\C)[C@@H](OC(=O)OC[C@]2(O)OC[C@@H](O)[C@@H](O)[C@@H]2O[C@H]2O[C@H](CO)[C@@H](O)[C@H](O)[C@H]2O)[C@@H](OC)C(=O)[C@H](C)C[C@H](C)\C=C/C=C/C=C/1C. The number of amides is 1. The van der Waals surface area contributed by atoms with Gasteiger partial charge in [0.15, 0.2) is 30.9 Å². The van der Waals surface area contributed by atoms with Crippen molar-refractivity contribution >= 4 is 35.4 Å². The molecule has 1 saturated carbocycles. The zero-order chi connectivity index (χ0) is 66.5. The summed E-state index contributed by atoms with van der Waals surface area (Å²) < 4.78 is 57.5. The molecule has 1 amide bonds. The Bertz CT molecular complexity index is 2540. The molecule has 4 saturated heterocycles. The van der Waals surface area contributed by atoms with Gasteiger partial charge >= 0.3 is 12.1 Å². The number of aliphatic hydroxyl groups is 9. The third-order valence-electron chi connectivity index (χ3n) is 18.9. The molecule has 24 atom stereocenters. The third kappa shape index (κ3) is 18.5. The number of fused-ring (bicyclic) bond motifs is 3. The molecule has 26 nitrogen and oxygen atoms in total. The molecule has 0 aromatic heterocycles. The number of Topliss-reactive ketones (excluding diaryl/α,β-unsaturated/α-hetero) is 3. The van der Waals surface area contributed by atoms with E-state index in [0.717, 1.165) is 10.5 Å². The van der Waals surface area contributed by atoms with Crippen molar-refractivity contribution in [1.29, 1.82) is 0 Å². The summed E-state index contributed by atoms with van der Waals surface area (Å²) in [5.74, 6) is -12.9. The molecule has 0 aromatic carbocycles.